The van der Waals surface area contributed by atoms with Gasteiger partial charge in [-0.2, -0.15) is 0 Å². The monoisotopic (exact) mass is 463 g/mol. The van der Waals surface area contributed by atoms with Crippen LogP contribution < -0.4 is 16.1 Å². The lowest BCUT2D eigenvalue weighted by atomic mass is 10.2. The molecule has 0 saturated heterocycles. The van der Waals surface area contributed by atoms with Crippen molar-refractivity contribution >= 4 is 29.7 Å². The SMILES string of the molecule is CCOP(=O)(c1ccccc1)c1nc(-c2cccc([N+](=O)[O-])c2)oc1NCc1ccccc1. The second-order valence-corrected chi connectivity index (χ2v) is 9.42. The van der Waals surface area contributed by atoms with E-state index < -0.39 is 12.3 Å². The highest BCUT2D eigenvalue weighted by Gasteiger charge is 2.36. The number of anilines is 1. The quantitative estimate of drug-likeness (QED) is 0.208. The second kappa shape index (κ2) is 9.81. The van der Waals surface area contributed by atoms with Gasteiger partial charge in [-0.15, -0.1) is 0 Å². The molecule has 0 aliphatic rings. The normalized spacial score (nSPS) is 12.8. The molecule has 0 amide bonds. The van der Waals surface area contributed by atoms with Crippen LogP contribution in [0.2, 0.25) is 0 Å². The molecule has 9 heteroatoms. The molecular formula is C24H22N3O5P. The molecule has 0 radical (unpaired) electrons. The summed E-state index contributed by atoms with van der Waals surface area (Å²) in [5, 5.41) is 14.9. The number of nitro groups is 1. The first-order valence-electron chi connectivity index (χ1n) is 10.4. The number of aromatic nitrogens is 1. The lowest BCUT2D eigenvalue weighted by Gasteiger charge is -2.17. The van der Waals surface area contributed by atoms with Crippen molar-refractivity contribution in [2.45, 2.75) is 13.5 Å². The number of hydrogen-bond acceptors (Lipinski definition) is 7. The zero-order chi connectivity index (χ0) is 23.3. The second-order valence-electron chi connectivity index (χ2n) is 7.12. The summed E-state index contributed by atoms with van der Waals surface area (Å²) in [4.78, 5) is 15.3. The number of hydrogen-bond donors (Lipinski definition) is 1. The fourth-order valence-electron chi connectivity index (χ4n) is 3.34. The Morgan fingerprint density at radius 3 is 2.39 bits per heavy atom. The third-order valence-electron chi connectivity index (χ3n) is 4.89. The van der Waals surface area contributed by atoms with E-state index in [1.165, 1.54) is 12.1 Å². The Balaban J connectivity index is 1.82. The van der Waals surface area contributed by atoms with Crippen LogP contribution in [-0.4, -0.2) is 16.5 Å². The van der Waals surface area contributed by atoms with Crippen molar-refractivity contribution in [3.05, 3.63) is 101 Å². The largest absolute Gasteiger partial charge is 0.420 e. The highest BCUT2D eigenvalue weighted by molar-refractivity contribution is 7.74. The lowest BCUT2D eigenvalue weighted by molar-refractivity contribution is -0.384. The molecule has 0 aliphatic heterocycles. The topological polar surface area (TPSA) is 108 Å². The van der Waals surface area contributed by atoms with E-state index in [0.29, 0.717) is 17.4 Å². The van der Waals surface area contributed by atoms with E-state index in [0.717, 1.165) is 5.56 Å². The van der Waals surface area contributed by atoms with Crippen LogP contribution in [0, 0.1) is 10.1 Å². The van der Waals surface area contributed by atoms with Gasteiger partial charge in [-0.25, -0.2) is 4.98 Å². The minimum atomic E-state index is -3.61. The molecule has 168 valence electrons. The van der Waals surface area contributed by atoms with E-state index in [1.807, 2.05) is 36.4 Å². The van der Waals surface area contributed by atoms with Gasteiger partial charge in [0.2, 0.25) is 11.8 Å². The highest BCUT2D eigenvalue weighted by atomic mass is 31.2. The molecule has 0 spiro atoms. The summed E-state index contributed by atoms with van der Waals surface area (Å²) in [5.41, 5.74) is 1.42. The highest BCUT2D eigenvalue weighted by Crippen LogP contribution is 2.47. The van der Waals surface area contributed by atoms with Crippen LogP contribution in [0.5, 0.6) is 0 Å². The van der Waals surface area contributed by atoms with Gasteiger partial charge in [-0.3, -0.25) is 14.7 Å². The summed E-state index contributed by atoms with van der Waals surface area (Å²) in [6.45, 7) is 2.36. The first-order valence-corrected chi connectivity index (χ1v) is 12.0. The van der Waals surface area contributed by atoms with Gasteiger partial charge in [0, 0.05) is 29.5 Å². The third-order valence-corrected chi connectivity index (χ3v) is 7.36. The van der Waals surface area contributed by atoms with Gasteiger partial charge < -0.3 is 14.3 Å². The summed E-state index contributed by atoms with van der Waals surface area (Å²) >= 11 is 0. The number of rotatable bonds is 9. The number of non-ortho nitro benzene ring substituents is 1. The maximum atomic E-state index is 14.2. The Hall–Kier alpha value is -3.74. The van der Waals surface area contributed by atoms with Gasteiger partial charge in [0.25, 0.3) is 13.1 Å². The predicted octanol–water partition coefficient (Wildman–Crippen LogP) is 5.13. The summed E-state index contributed by atoms with van der Waals surface area (Å²) in [6.07, 6.45) is 0. The Kier molecular flexibility index (Phi) is 6.68. The van der Waals surface area contributed by atoms with Crippen LogP contribution in [0.3, 0.4) is 0 Å². The number of nitrogens with zero attached hydrogens (tertiary/aromatic N) is 2. The lowest BCUT2D eigenvalue weighted by Crippen LogP contribution is -2.22. The van der Waals surface area contributed by atoms with Crippen molar-refractivity contribution in [2.24, 2.45) is 0 Å². The summed E-state index contributed by atoms with van der Waals surface area (Å²) < 4.78 is 25.9. The third kappa shape index (κ3) is 4.87. The van der Waals surface area contributed by atoms with Crippen LogP contribution in [0.4, 0.5) is 11.6 Å². The van der Waals surface area contributed by atoms with Crippen LogP contribution in [-0.2, 0) is 15.6 Å². The van der Waals surface area contributed by atoms with Crippen LogP contribution in [0.25, 0.3) is 11.5 Å². The number of nitrogens with one attached hydrogen (secondary N) is 1. The van der Waals surface area contributed by atoms with Crippen LogP contribution in [0.15, 0.2) is 89.3 Å². The van der Waals surface area contributed by atoms with Gasteiger partial charge in [0.05, 0.1) is 11.5 Å². The minimum absolute atomic E-state index is 0.0953. The Morgan fingerprint density at radius 1 is 1.03 bits per heavy atom. The van der Waals surface area contributed by atoms with E-state index in [9.17, 15) is 14.7 Å². The number of benzene rings is 3. The van der Waals surface area contributed by atoms with Gasteiger partial charge in [0.15, 0.2) is 5.44 Å². The number of nitro benzene ring substituents is 1. The van der Waals surface area contributed by atoms with E-state index in [-0.39, 0.29) is 29.5 Å². The van der Waals surface area contributed by atoms with Crippen molar-refractivity contribution in [3.63, 3.8) is 0 Å². The molecule has 1 N–H and O–H groups in total. The zero-order valence-electron chi connectivity index (χ0n) is 17.9. The first kappa shape index (κ1) is 22.5. The molecule has 1 atom stereocenters. The molecule has 0 fully saturated rings. The van der Waals surface area contributed by atoms with Crippen molar-refractivity contribution < 1.29 is 18.4 Å². The van der Waals surface area contributed by atoms with E-state index in [1.54, 1.807) is 43.3 Å². The molecule has 1 unspecified atom stereocenters. The smallest absolute Gasteiger partial charge is 0.284 e. The molecule has 0 aliphatic carbocycles. The zero-order valence-corrected chi connectivity index (χ0v) is 18.8. The maximum absolute atomic E-state index is 14.2. The van der Waals surface area contributed by atoms with E-state index >= 15 is 0 Å². The fourth-order valence-corrected chi connectivity index (χ4v) is 5.40. The van der Waals surface area contributed by atoms with Crippen LogP contribution >= 0.6 is 7.37 Å². The summed E-state index contributed by atoms with van der Waals surface area (Å²) in [6, 6.07) is 24.4. The molecule has 4 aromatic rings. The molecule has 33 heavy (non-hydrogen) atoms. The van der Waals surface area contributed by atoms with Crippen molar-refractivity contribution in [1.82, 2.24) is 4.98 Å². The molecular weight excluding hydrogens is 441 g/mol. The van der Waals surface area contributed by atoms with Crippen LogP contribution in [0.1, 0.15) is 12.5 Å². The van der Waals surface area contributed by atoms with Gasteiger partial charge >= 0.3 is 0 Å². The average Bonchev–Trinajstić information content (AvgIpc) is 3.29. The Morgan fingerprint density at radius 2 is 1.73 bits per heavy atom. The van der Waals surface area contributed by atoms with Gasteiger partial charge in [0.1, 0.15) is 0 Å². The first-order chi connectivity index (χ1) is 16.0. The molecule has 1 aromatic heterocycles. The molecule has 0 bridgehead atoms. The minimum Gasteiger partial charge on any atom is -0.420 e. The van der Waals surface area contributed by atoms with Crippen molar-refractivity contribution in [1.29, 1.82) is 0 Å². The Bertz CT molecular complexity index is 1290. The molecule has 4 rings (SSSR count). The number of oxazole rings is 1. The van der Waals surface area contributed by atoms with E-state index in [2.05, 4.69) is 10.3 Å². The van der Waals surface area contributed by atoms with Gasteiger partial charge in [-0.1, -0.05) is 54.6 Å². The summed E-state index contributed by atoms with van der Waals surface area (Å²) in [7, 11) is -3.61. The average molecular weight is 463 g/mol. The molecule has 1 heterocycles. The molecule has 3 aromatic carbocycles. The summed E-state index contributed by atoms with van der Waals surface area (Å²) in [5.74, 6) is 0.307. The predicted molar refractivity (Wildman–Crippen MR) is 127 cm³/mol. The fraction of sp³-hybridized carbons (Fsp3) is 0.125. The molecule has 0 saturated carbocycles. The van der Waals surface area contributed by atoms with Crippen molar-refractivity contribution in [3.8, 4) is 11.5 Å². The standard InChI is InChI=1S/C24H22N3O5P/c1-2-31-33(30,21-14-7-4-8-15-21)24-23(25-17-18-10-5-3-6-11-18)32-22(26-24)19-12-9-13-20(16-19)27(28)29/h3-16,25H,2,17H2,1H3. The van der Waals surface area contributed by atoms with E-state index in [4.69, 9.17) is 8.94 Å². The van der Waals surface area contributed by atoms with Gasteiger partial charge in [-0.05, 0) is 30.7 Å². The van der Waals surface area contributed by atoms with Crippen molar-refractivity contribution in [2.75, 3.05) is 11.9 Å². The Labute approximate surface area is 190 Å². The maximum Gasteiger partial charge on any atom is 0.284 e. The molecule has 8 nitrogen and oxygen atoms in total.